The Kier molecular flexibility index (Phi) is 27.3. The highest BCUT2D eigenvalue weighted by Gasteiger charge is 2.42. The van der Waals surface area contributed by atoms with Crippen LogP contribution in [-0.2, 0) is 44.0 Å². The first-order valence-electron chi connectivity index (χ1n) is 22.2. The Morgan fingerprint density at radius 1 is 0.869 bits per heavy atom. The molecule has 0 saturated carbocycles. The van der Waals surface area contributed by atoms with Gasteiger partial charge in [0.2, 0.25) is 17.7 Å². The number of phosphoric ester groups is 1. The molecule has 2 saturated heterocycles. The average Bonchev–Trinajstić information content (AvgIpc) is 3.60. The van der Waals surface area contributed by atoms with E-state index in [1.807, 2.05) is 41.5 Å². The smallest absolute Gasteiger partial charge is 0.382 e. The van der Waals surface area contributed by atoms with Crippen molar-refractivity contribution in [2.24, 2.45) is 0 Å². The third-order valence-corrected chi connectivity index (χ3v) is 10.8. The molecule has 0 bridgehead atoms. The number of unbranched alkanes of at least 4 members (excludes halogenated alkanes) is 2. The number of hydrogen-bond donors (Lipinski definition) is 2. The Morgan fingerprint density at radius 2 is 1.44 bits per heavy atom. The van der Waals surface area contributed by atoms with E-state index < -0.39 is 43.5 Å². The summed E-state index contributed by atoms with van der Waals surface area (Å²) in [4.78, 5) is 79.8. The average molecular weight is 894 g/mol. The molecule has 1 aromatic rings. The number of aromatic nitrogens is 2. The molecule has 0 radical (unpaired) electrons. The van der Waals surface area contributed by atoms with Crippen LogP contribution in [0.25, 0.3) is 0 Å². The third kappa shape index (κ3) is 20.4. The molecule has 0 spiro atoms. The van der Waals surface area contributed by atoms with E-state index in [0.717, 1.165) is 40.2 Å². The first kappa shape index (κ1) is 58.0. The van der Waals surface area contributed by atoms with Crippen molar-refractivity contribution in [2.75, 3.05) is 102 Å². The molecule has 5 unspecified atom stereocenters. The SMILES string of the molecule is CC.CC.CC.COCC1OC(n2cc(C)c(=O)n(CCCCCNC(=O)C3CN(C(=O)CCC[N+](C)(C)C)CCN3C(=O)CCC[N+](C)(C)C)c2=O)CC1OP(=O)(O)OC. The van der Waals surface area contributed by atoms with Gasteiger partial charge in [0.05, 0.1) is 68.5 Å². The topological polar surface area (TPSA) is 188 Å². The van der Waals surface area contributed by atoms with Gasteiger partial charge >= 0.3 is 13.5 Å². The van der Waals surface area contributed by atoms with E-state index in [4.69, 9.17) is 14.0 Å². The molecule has 356 valence electrons. The van der Waals surface area contributed by atoms with Gasteiger partial charge < -0.3 is 38.4 Å². The Bertz CT molecular complexity index is 1620. The molecular formula is C42H84N7O11P+2. The van der Waals surface area contributed by atoms with Gasteiger partial charge in [0, 0.05) is 84.3 Å². The van der Waals surface area contributed by atoms with Crippen LogP contribution in [0, 0.1) is 6.92 Å². The maximum Gasteiger partial charge on any atom is 0.472 e. The molecule has 18 nitrogen and oxygen atoms in total. The zero-order chi connectivity index (χ0) is 47.1. The van der Waals surface area contributed by atoms with Gasteiger partial charge in [0.15, 0.2) is 0 Å². The van der Waals surface area contributed by atoms with Crippen molar-refractivity contribution in [3.8, 4) is 0 Å². The second kappa shape index (κ2) is 28.7. The lowest BCUT2D eigenvalue weighted by Gasteiger charge is -2.41. The number of piperazine rings is 1. The van der Waals surface area contributed by atoms with Crippen LogP contribution in [-0.4, -0.2) is 171 Å². The van der Waals surface area contributed by atoms with Crippen LogP contribution in [0.1, 0.15) is 105 Å². The molecule has 3 amide bonds. The molecule has 61 heavy (non-hydrogen) atoms. The number of methoxy groups -OCH3 is 1. The van der Waals surface area contributed by atoms with E-state index in [1.54, 1.807) is 16.7 Å². The summed E-state index contributed by atoms with van der Waals surface area (Å²) in [7, 11) is 10.6. The lowest BCUT2D eigenvalue weighted by atomic mass is 10.1. The number of rotatable bonds is 21. The van der Waals surface area contributed by atoms with Crippen LogP contribution in [0.15, 0.2) is 15.8 Å². The molecule has 5 atom stereocenters. The molecule has 19 heteroatoms. The minimum Gasteiger partial charge on any atom is -0.382 e. The number of amides is 3. The molecule has 2 N–H and O–H groups in total. The van der Waals surface area contributed by atoms with E-state index in [0.29, 0.717) is 63.7 Å². The van der Waals surface area contributed by atoms with Crippen LogP contribution in [0.5, 0.6) is 0 Å². The molecule has 2 aliphatic rings. The first-order valence-corrected chi connectivity index (χ1v) is 23.7. The number of nitrogens with one attached hydrogen (secondary N) is 1. The maximum absolute atomic E-state index is 13.6. The van der Waals surface area contributed by atoms with E-state index in [9.17, 15) is 33.4 Å². The first-order chi connectivity index (χ1) is 28.7. The number of hydrogen-bond acceptors (Lipinski definition) is 10. The molecule has 0 aliphatic carbocycles. The van der Waals surface area contributed by atoms with Crippen LogP contribution >= 0.6 is 7.82 Å². The monoisotopic (exact) mass is 894 g/mol. The van der Waals surface area contributed by atoms with Gasteiger partial charge in [-0.2, -0.15) is 0 Å². The van der Waals surface area contributed by atoms with Gasteiger partial charge in [0.25, 0.3) is 5.56 Å². The van der Waals surface area contributed by atoms with E-state index in [2.05, 4.69) is 52.1 Å². The molecule has 2 fully saturated rings. The quantitative estimate of drug-likeness (QED) is 0.104. The predicted octanol–water partition coefficient (Wildman–Crippen LogP) is 3.76. The van der Waals surface area contributed by atoms with Crippen molar-refractivity contribution >= 4 is 25.5 Å². The van der Waals surface area contributed by atoms with Gasteiger partial charge in [-0.05, 0) is 26.2 Å². The highest BCUT2D eigenvalue weighted by atomic mass is 31.2. The summed E-state index contributed by atoms with van der Waals surface area (Å²) in [6.45, 7) is 16.6. The van der Waals surface area contributed by atoms with Gasteiger partial charge in [-0.15, -0.1) is 0 Å². The number of aryl methyl sites for hydroxylation is 1. The van der Waals surface area contributed by atoms with Crippen LogP contribution in [0.3, 0.4) is 0 Å². The summed E-state index contributed by atoms with van der Waals surface area (Å²) in [5, 5.41) is 2.96. The highest BCUT2D eigenvalue weighted by molar-refractivity contribution is 7.47. The Morgan fingerprint density at radius 3 is 1.98 bits per heavy atom. The largest absolute Gasteiger partial charge is 0.472 e. The van der Waals surface area contributed by atoms with Gasteiger partial charge in [-0.1, -0.05) is 41.5 Å². The van der Waals surface area contributed by atoms with E-state index in [1.165, 1.54) is 17.9 Å². The molecule has 0 aromatic carbocycles. The lowest BCUT2D eigenvalue weighted by Crippen LogP contribution is -2.61. The van der Waals surface area contributed by atoms with Crippen LogP contribution < -0.4 is 16.6 Å². The van der Waals surface area contributed by atoms with E-state index in [-0.39, 0.29) is 43.8 Å². The van der Waals surface area contributed by atoms with Gasteiger partial charge in [0.1, 0.15) is 24.5 Å². The molecule has 2 aliphatic heterocycles. The fourth-order valence-electron chi connectivity index (χ4n) is 6.82. The summed E-state index contributed by atoms with van der Waals surface area (Å²) < 4.78 is 37.0. The summed E-state index contributed by atoms with van der Waals surface area (Å²) in [5.41, 5.74) is -0.712. The summed E-state index contributed by atoms with van der Waals surface area (Å²) >= 11 is 0. The predicted molar refractivity (Wildman–Crippen MR) is 239 cm³/mol. The zero-order valence-electron chi connectivity index (χ0n) is 40.4. The summed E-state index contributed by atoms with van der Waals surface area (Å²) in [6.07, 6.45) is 2.64. The normalized spacial score (nSPS) is 19.9. The number of phosphoric acid groups is 1. The summed E-state index contributed by atoms with van der Waals surface area (Å²) in [6, 6.07) is -0.790. The second-order valence-corrected chi connectivity index (χ2v) is 18.1. The van der Waals surface area contributed by atoms with Crippen molar-refractivity contribution in [1.82, 2.24) is 24.3 Å². The number of quaternary nitrogens is 2. The van der Waals surface area contributed by atoms with Crippen molar-refractivity contribution in [1.29, 1.82) is 0 Å². The number of nitrogens with zero attached hydrogens (tertiary/aromatic N) is 6. The Balaban J connectivity index is 0.00000573. The zero-order valence-corrected chi connectivity index (χ0v) is 41.3. The number of carbonyl (C=O) groups is 3. The minimum absolute atomic E-state index is 0.0154. The van der Waals surface area contributed by atoms with Crippen LogP contribution in [0.4, 0.5) is 0 Å². The number of carbonyl (C=O) groups excluding carboxylic acids is 3. The van der Waals surface area contributed by atoms with Crippen molar-refractivity contribution < 1.29 is 51.3 Å². The lowest BCUT2D eigenvalue weighted by molar-refractivity contribution is -0.870. The standard InChI is InChI=1S/C36H64N7O11P.3C2H6/c1-27-24-41(33-23-29(30(53-33)26-51-8)54-55(49,50)52-9)36(48)40(35(27)47)18-12-10-11-17-37-34(46)28-25-38(31(44)15-13-21-42(2,3)4)19-20-39(28)32(45)16-14-22-43(5,6)7;3*1-2/h24,28-30,33H,10-23,25-26H2,1-9H3;3*1-2H3/p+2. The Labute approximate surface area is 366 Å². The third-order valence-electron chi connectivity index (χ3n) is 9.84. The molecular weight excluding hydrogens is 809 g/mol. The van der Waals surface area contributed by atoms with Crippen molar-refractivity contribution in [3.63, 3.8) is 0 Å². The highest BCUT2D eigenvalue weighted by Crippen LogP contribution is 2.47. The molecule has 3 rings (SSSR count). The second-order valence-electron chi connectivity index (χ2n) is 16.6. The van der Waals surface area contributed by atoms with Gasteiger partial charge in [-0.25, -0.2) is 9.36 Å². The maximum atomic E-state index is 13.6. The summed E-state index contributed by atoms with van der Waals surface area (Å²) in [5.74, 6) is -0.419. The minimum atomic E-state index is -4.35. The molecule has 3 heterocycles. The van der Waals surface area contributed by atoms with Gasteiger partial charge in [-0.3, -0.25) is 37.4 Å². The van der Waals surface area contributed by atoms with E-state index >= 15 is 0 Å². The fraction of sp³-hybridized carbons (Fsp3) is 0.833. The fourth-order valence-corrected chi connectivity index (χ4v) is 7.47. The van der Waals surface area contributed by atoms with Crippen molar-refractivity contribution in [2.45, 2.75) is 131 Å². The van der Waals surface area contributed by atoms with Crippen molar-refractivity contribution in [3.05, 3.63) is 32.6 Å². The van der Waals surface area contributed by atoms with Crippen LogP contribution in [0.2, 0.25) is 0 Å². The Hall–Kier alpha value is -2.96. The number of ether oxygens (including phenoxy) is 2. The molecule has 1 aromatic heterocycles.